The van der Waals surface area contributed by atoms with Gasteiger partial charge < -0.3 is 15.4 Å². The Morgan fingerprint density at radius 3 is 2.25 bits per heavy atom. The highest BCUT2D eigenvalue weighted by molar-refractivity contribution is 6.32. The molecule has 2 heterocycles. The van der Waals surface area contributed by atoms with Gasteiger partial charge in [-0.2, -0.15) is 19.0 Å². The topological polar surface area (TPSA) is 143 Å². The van der Waals surface area contributed by atoms with Crippen LogP contribution in [0.1, 0.15) is 81.8 Å². The van der Waals surface area contributed by atoms with Gasteiger partial charge in [-0.3, -0.25) is 15.1 Å². The lowest BCUT2D eigenvalue weighted by atomic mass is 9.92. The van der Waals surface area contributed by atoms with Crippen molar-refractivity contribution in [2.24, 2.45) is 5.41 Å². The van der Waals surface area contributed by atoms with E-state index >= 15 is 0 Å². The van der Waals surface area contributed by atoms with Gasteiger partial charge in [0.25, 0.3) is 18.8 Å². The molecule has 0 radical (unpaired) electrons. The maximum Gasteiger partial charge on any atom is 0.407 e. The van der Waals surface area contributed by atoms with Gasteiger partial charge in [0.1, 0.15) is 12.9 Å². The van der Waals surface area contributed by atoms with Gasteiger partial charge in [0, 0.05) is 23.9 Å². The number of alkyl halides is 6. The monoisotopic (exact) mass is 769 g/mol. The number of halogens is 7. The predicted molar refractivity (Wildman–Crippen MR) is 184 cm³/mol. The van der Waals surface area contributed by atoms with Crippen LogP contribution in [0.5, 0.6) is 0 Å². The number of carbonyl (C=O) groups excluding carboxylic acids is 2. The quantitative estimate of drug-likeness (QED) is 0.0710. The molecule has 0 aliphatic rings. The normalized spacial score (nSPS) is 12.7. The molecular weight excluding hydrogens is 732 g/mol. The first-order chi connectivity index (χ1) is 24.8. The van der Waals surface area contributed by atoms with Gasteiger partial charge in [-0.05, 0) is 61.1 Å². The highest BCUT2D eigenvalue weighted by Crippen LogP contribution is 2.32. The summed E-state index contributed by atoms with van der Waals surface area (Å²) in [7, 11) is 0. The Morgan fingerprint density at radius 1 is 0.981 bits per heavy atom. The third-order valence-corrected chi connectivity index (χ3v) is 8.22. The van der Waals surface area contributed by atoms with Gasteiger partial charge in [-0.15, -0.1) is 0 Å². The summed E-state index contributed by atoms with van der Waals surface area (Å²) in [5.41, 5.74) is -1.35. The van der Waals surface area contributed by atoms with Crippen LogP contribution in [0.4, 0.5) is 31.1 Å². The summed E-state index contributed by atoms with van der Waals surface area (Å²) in [6.07, 6.45) is -3.48. The molecule has 0 aliphatic heterocycles. The molecule has 2 aromatic heterocycles. The van der Waals surface area contributed by atoms with Gasteiger partial charge in [-0.1, -0.05) is 50.6 Å². The molecule has 286 valence electrons. The maximum atomic E-state index is 14.4. The van der Waals surface area contributed by atoms with Crippen molar-refractivity contribution in [2.45, 2.75) is 72.0 Å². The molecule has 0 aliphatic carbocycles. The molecule has 1 atom stereocenters. The van der Waals surface area contributed by atoms with Gasteiger partial charge in [0.05, 0.1) is 28.5 Å². The summed E-state index contributed by atoms with van der Waals surface area (Å²) in [6, 6.07) is 8.38. The first-order valence-corrected chi connectivity index (χ1v) is 16.5. The molecule has 0 spiro atoms. The maximum absolute atomic E-state index is 14.4. The lowest BCUT2D eigenvalue weighted by Gasteiger charge is -2.33. The summed E-state index contributed by atoms with van der Waals surface area (Å²) in [6.45, 7) is 4.70. The van der Waals surface area contributed by atoms with Crippen molar-refractivity contribution >= 4 is 29.6 Å². The van der Waals surface area contributed by atoms with E-state index in [1.165, 1.54) is 48.7 Å². The Bertz CT molecular complexity index is 1890. The Labute approximate surface area is 306 Å². The number of nitrogens with zero attached hydrogens (tertiary/aromatic N) is 6. The molecule has 12 nitrogen and oxygen atoms in total. The SMILES string of the molecule is CC(C)(C)CCNC(=N)N(C(=O)c1ccc(-c2cnn(C(F)F)c2)cc1)[C@H](COC(=O)NC(C)(C)C(F)F)c1ccc(Cl)c(-n2ncnc2C(F)F)c1. The lowest BCUT2D eigenvalue weighted by molar-refractivity contribution is 0.0402. The Morgan fingerprint density at radius 2 is 1.66 bits per heavy atom. The largest absolute Gasteiger partial charge is 0.447 e. The number of aromatic nitrogens is 5. The number of ether oxygens (including phenoxy) is 1. The van der Waals surface area contributed by atoms with E-state index in [2.05, 4.69) is 25.8 Å². The first kappa shape index (κ1) is 40.6. The number of benzene rings is 2. The number of alkyl carbamates (subject to hydrolysis) is 1. The van der Waals surface area contributed by atoms with Crippen LogP contribution in [0.15, 0.2) is 61.2 Å². The van der Waals surface area contributed by atoms with Crippen molar-refractivity contribution in [2.75, 3.05) is 13.2 Å². The molecule has 4 aromatic rings. The second-order valence-electron chi connectivity index (χ2n) is 13.6. The summed E-state index contributed by atoms with van der Waals surface area (Å²) in [5, 5.41) is 21.5. The van der Waals surface area contributed by atoms with Gasteiger partial charge in [-0.25, -0.2) is 36.7 Å². The number of hydrogen-bond acceptors (Lipinski definition) is 7. The standard InChI is InChI=1S/C34H38ClF6N9O3/c1-33(2,3)12-13-43-31(42)49(28(51)20-8-6-19(7-9-20)22-15-45-48(16-22)30(40)41)25(17-53-32(52)47-34(4,5)29(38)39)21-10-11-23(35)24(14-21)50-27(26(36)37)44-18-46-50/h6-11,14-16,18,25-26,29-30H,12-13,17H2,1-5H3,(H2,42,43)(H,47,52)/t25-/m1/s1. The average molecular weight is 770 g/mol. The van der Waals surface area contributed by atoms with Crippen molar-refractivity contribution in [3.8, 4) is 16.8 Å². The molecule has 19 heteroatoms. The molecule has 2 aromatic carbocycles. The van der Waals surface area contributed by atoms with Gasteiger partial charge in [0.2, 0.25) is 0 Å². The van der Waals surface area contributed by atoms with Crippen LogP contribution in [-0.4, -0.2) is 72.5 Å². The smallest absolute Gasteiger partial charge is 0.407 e. The fourth-order valence-electron chi connectivity index (χ4n) is 4.89. The number of rotatable bonds is 13. The average Bonchev–Trinajstić information content (AvgIpc) is 3.77. The van der Waals surface area contributed by atoms with E-state index in [-0.39, 0.29) is 33.8 Å². The van der Waals surface area contributed by atoms with Gasteiger partial charge in [0.15, 0.2) is 11.8 Å². The molecule has 4 rings (SSSR count). The fraction of sp³-hybridized carbons (Fsp3) is 0.412. The number of amides is 2. The summed E-state index contributed by atoms with van der Waals surface area (Å²) in [4.78, 5) is 31.8. The van der Waals surface area contributed by atoms with E-state index in [4.69, 9.17) is 21.7 Å². The van der Waals surface area contributed by atoms with Crippen molar-refractivity contribution in [1.29, 1.82) is 5.41 Å². The minimum atomic E-state index is -3.05. The van der Waals surface area contributed by atoms with E-state index < -0.39 is 61.4 Å². The molecule has 3 N–H and O–H groups in total. The minimum absolute atomic E-state index is 0.0103. The molecule has 0 saturated carbocycles. The summed E-state index contributed by atoms with van der Waals surface area (Å²) in [5.74, 6) is -2.00. The molecule has 0 bridgehead atoms. The van der Waals surface area contributed by atoms with Crippen LogP contribution < -0.4 is 10.6 Å². The van der Waals surface area contributed by atoms with Crippen molar-refractivity contribution in [3.63, 3.8) is 0 Å². The van der Waals surface area contributed by atoms with Gasteiger partial charge >= 0.3 is 12.6 Å². The number of hydrogen-bond donors (Lipinski definition) is 3. The van der Waals surface area contributed by atoms with Crippen molar-refractivity contribution < 1.29 is 40.7 Å². The van der Waals surface area contributed by atoms with Crippen LogP contribution >= 0.6 is 11.6 Å². The van der Waals surface area contributed by atoms with E-state index in [0.717, 1.165) is 36.0 Å². The first-order valence-electron chi connectivity index (χ1n) is 16.1. The zero-order valence-electron chi connectivity index (χ0n) is 29.3. The second kappa shape index (κ2) is 16.7. The fourth-order valence-corrected chi connectivity index (χ4v) is 5.09. The van der Waals surface area contributed by atoms with Crippen molar-refractivity contribution in [3.05, 3.63) is 83.2 Å². The number of nitrogens with one attached hydrogen (secondary N) is 3. The highest BCUT2D eigenvalue weighted by atomic mass is 35.5. The third-order valence-electron chi connectivity index (χ3n) is 7.90. The zero-order valence-corrected chi connectivity index (χ0v) is 30.0. The van der Waals surface area contributed by atoms with Crippen LogP contribution in [0.3, 0.4) is 0 Å². The Hall–Kier alpha value is -5.13. The van der Waals surface area contributed by atoms with E-state index in [9.17, 15) is 35.9 Å². The molecule has 2 amide bonds. The summed E-state index contributed by atoms with van der Waals surface area (Å²) >= 11 is 6.41. The van der Waals surface area contributed by atoms with Crippen LogP contribution in [-0.2, 0) is 4.74 Å². The molecular formula is C34H38ClF6N9O3. The number of carbonyl (C=O) groups is 2. The summed E-state index contributed by atoms with van der Waals surface area (Å²) < 4.78 is 87.7. The highest BCUT2D eigenvalue weighted by Gasteiger charge is 2.35. The molecule has 0 unspecified atom stereocenters. The zero-order chi connectivity index (χ0) is 39.2. The van der Waals surface area contributed by atoms with Crippen LogP contribution in [0, 0.1) is 10.8 Å². The second-order valence-corrected chi connectivity index (χ2v) is 14.0. The van der Waals surface area contributed by atoms with E-state index in [1.54, 1.807) is 0 Å². The minimum Gasteiger partial charge on any atom is -0.447 e. The Balaban J connectivity index is 1.81. The van der Waals surface area contributed by atoms with E-state index in [0.29, 0.717) is 22.2 Å². The number of guanidine groups is 1. The van der Waals surface area contributed by atoms with Crippen LogP contribution in [0.25, 0.3) is 16.8 Å². The van der Waals surface area contributed by atoms with Crippen molar-refractivity contribution in [1.82, 2.24) is 40.1 Å². The molecule has 0 fully saturated rings. The lowest BCUT2D eigenvalue weighted by Crippen LogP contribution is -2.51. The van der Waals surface area contributed by atoms with E-state index in [1.807, 2.05) is 20.8 Å². The third kappa shape index (κ3) is 10.3. The molecule has 53 heavy (non-hydrogen) atoms. The predicted octanol–water partition coefficient (Wildman–Crippen LogP) is 8.03. The molecule has 0 saturated heterocycles. The van der Waals surface area contributed by atoms with Crippen LogP contribution in [0.2, 0.25) is 5.02 Å². The Kier molecular flexibility index (Phi) is 12.8.